The van der Waals surface area contributed by atoms with Crippen LogP contribution in [0.5, 0.6) is 0 Å². The van der Waals surface area contributed by atoms with Crippen molar-refractivity contribution in [3.05, 3.63) is 30.1 Å². The number of aliphatic hydroxyl groups excluding tert-OH is 1. The highest BCUT2D eigenvalue weighted by Gasteiger charge is 2.24. The molecule has 0 saturated carbocycles. The predicted molar refractivity (Wildman–Crippen MR) is 91.4 cm³/mol. The molecule has 1 aliphatic rings. The molecule has 1 aromatic carbocycles. The minimum atomic E-state index is -0.141. The minimum absolute atomic E-state index is 0.00894. The summed E-state index contributed by atoms with van der Waals surface area (Å²) in [6, 6.07) is 7.72. The molecule has 0 unspecified atom stereocenters. The number of imidazole rings is 1. The van der Waals surface area contributed by atoms with Crippen LogP contribution in [0.4, 0.5) is 5.82 Å². The first kappa shape index (κ1) is 15.7. The number of pyridine rings is 1. The van der Waals surface area contributed by atoms with E-state index in [1.165, 1.54) is 0 Å². The number of para-hydroxylation sites is 1. The van der Waals surface area contributed by atoms with E-state index in [-0.39, 0.29) is 12.6 Å². The van der Waals surface area contributed by atoms with Gasteiger partial charge in [-0.25, -0.2) is 9.97 Å². The van der Waals surface area contributed by atoms with E-state index in [0.29, 0.717) is 31.0 Å². The summed E-state index contributed by atoms with van der Waals surface area (Å²) in [5.74, 6) is 1.33. The Morgan fingerprint density at radius 1 is 1.30 bits per heavy atom. The first-order valence-electron chi connectivity index (χ1n) is 8.03. The second-order valence-corrected chi connectivity index (χ2v) is 5.27. The van der Waals surface area contributed by atoms with E-state index in [2.05, 4.69) is 14.5 Å². The second-order valence-electron chi connectivity index (χ2n) is 5.27. The Morgan fingerprint density at radius 3 is 2.87 bits per heavy atom. The van der Waals surface area contributed by atoms with E-state index in [0.717, 1.165) is 22.2 Å². The molecule has 4 rings (SSSR count). The molecule has 3 heterocycles. The van der Waals surface area contributed by atoms with Gasteiger partial charge in [-0.3, -0.25) is 0 Å². The fourth-order valence-electron chi connectivity index (χ4n) is 3.03. The van der Waals surface area contributed by atoms with Gasteiger partial charge < -0.3 is 20.1 Å². The predicted octanol–water partition coefficient (Wildman–Crippen LogP) is 2.30. The maximum atomic E-state index is 9.71. The molecule has 3 aromatic rings. The average Bonchev–Trinajstić information content (AvgIpc) is 2.86. The number of nitrogens with zero attached hydrogens (tertiary/aromatic N) is 3. The Kier molecular flexibility index (Phi) is 4.45. The highest BCUT2D eigenvalue weighted by Crippen LogP contribution is 2.32. The van der Waals surface area contributed by atoms with Crippen molar-refractivity contribution in [2.75, 3.05) is 25.6 Å². The number of benzene rings is 1. The third kappa shape index (κ3) is 2.54. The molecule has 2 aromatic heterocycles. The number of hydrogen-bond donors (Lipinski definition) is 2. The van der Waals surface area contributed by atoms with Crippen LogP contribution in [-0.4, -0.2) is 39.5 Å². The van der Waals surface area contributed by atoms with Crippen molar-refractivity contribution < 1.29 is 9.84 Å². The first-order valence-corrected chi connectivity index (χ1v) is 8.03. The first-order chi connectivity index (χ1) is 11.3. The van der Waals surface area contributed by atoms with E-state index >= 15 is 0 Å². The summed E-state index contributed by atoms with van der Waals surface area (Å²) in [5.41, 5.74) is 8.57. The highest BCUT2D eigenvalue weighted by atomic mass is 16.5. The van der Waals surface area contributed by atoms with Crippen LogP contribution < -0.4 is 5.73 Å². The lowest BCUT2D eigenvalue weighted by atomic mass is 10.1. The Labute approximate surface area is 134 Å². The van der Waals surface area contributed by atoms with E-state index in [1.807, 2.05) is 38.1 Å². The molecule has 0 saturated heterocycles. The highest BCUT2D eigenvalue weighted by molar-refractivity contribution is 6.06. The number of ether oxygens (including phenoxy) is 1. The topological polar surface area (TPSA) is 86.2 Å². The summed E-state index contributed by atoms with van der Waals surface area (Å²) >= 11 is 0. The smallest absolute Gasteiger partial charge is 0.152 e. The molecule has 0 amide bonds. The van der Waals surface area contributed by atoms with Gasteiger partial charge in [-0.05, 0) is 6.07 Å². The van der Waals surface area contributed by atoms with Crippen LogP contribution >= 0.6 is 0 Å². The lowest BCUT2D eigenvalue weighted by Crippen LogP contribution is -2.18. The average molecular weight is 314 g/mol. The molecule has 1 aliphatic heterocycles. The number of rotatable bonds is 1. The molecule has 0 bridgehead atoms. The minimum Gasteiger partial charge on any atom is -0.394 e. The Balaban J connectivity index is 0.000000753. The van der Waals surface area contributed by atoms with Crippen molar-refractivity contribution in [1.82, 2.24) is 14.5 Å². The zero-order valence-corrected chi connectivity index (χ0v) is 13.5. The third-order valence-electron chi connectivity index (χ3n) is 3.98. The molecular formula is C17H22N4O2. The standard InChI is InChI=1S/C15H16N4O2.C2H6/c16-15-13-14(10-3-1-2-4-11(10)17-15)19-9(7-20)8-21-6-5-12(19)18-13;1-2/h1-4,9,20H,5-8H2,(H2,16,17);1-2H3/t9-;/m0./s1. The molecule has 6 heteroatoms. The maximum absolute atomic E-state index is 9.71. The fraction of sp³-hybridized carbons (Fsp3) is 0.412. The lowest BCUT2D eigenvalue weighted by molar-refractivity contribution is 0.0930. The monoisotopic (exact) mass is 314 g/mol. The van der Waals surface area contributed by atoms with Crippen molar-refractivity contribution in [3.8, 4) is 0 Å². The van der Waals surface area contributed by atoms with Gasteiger partial charge in [0.15, 0.2) is 5.82 Å². The summed E-state index contributed by atoms with van der Waals surface area (Å²) in [4.78, 5) is 9.08. The number of aromatic nitrogens is 3. The van der Waals surface area contributed by atoms with Gasteiger partial charge in [0.05, 0.1) is 36.9 Å². The van der Waals surface area contributed by atoms with Gasteiger partial charge in [-0.1, -0.05) is 32.0 Å². The molecule has 0 spiro atoms. The van der Waals surface area contributed by atoms with E-state index in [9.17, 15) is 5.11 Å². The van der Waals surface area contributed by atoms with Crippen molar-refractivity contribution in [2.45, 2.75) is 26.3 Å². The van der Waals surface area contributed by atoms with Crippen LogP contribution in [0.15, 0.2) is 24.3 Å². The van der Waals surface area contributed by atoms with Gasteiger partial charge in [0.2, 0.25) is 0 Å². The number of nitrogen functional groups attached to an aromatic ring is 1. The largest absolute Gasteiger partial charge is 0.394 e. The summed E-state index contributed by atoms with van der Waals surface area (Å²) in [6.45, 7) is 5.09. The molecule has 0 fully saturated rings. The lowest BCUT2D eigenvalue weighted by Gasteiger charge is -2.17. The van der Waals surface area contributed by atoms with Crippen molar-refractivity contribution >= 4 is 27.8 Å². The zero-order chi connectivity index (χ0) is 16.4. The van der Waals surface area contributed by atoms with Gasteiger partial charge in [0.25, 0.3) is 0 Å². The van der Waals surface area contributed by atoms with Crippen molar-refractivity contribution in [2.24, 2.45) is 0 Å². The Hall–Kier alpha value is -2.18. The number of nitrogens with two attached hydrogens (primary N) is 1. The quantitative estimate of drug-likeness (QED) is 0.720. The molecule has 6 nitrogen and oxygen atoms in total. The number of fused-ring (bicyclic) bond motifs is 5. The summed E-state index contributed by atoms with van der Waals surface area (Å²) in [7, 11) is 0. The fourth-order valence-corrected chi connectivity index (χ4v) is 3.03. The number of hydrogen-bond acceptors (Lipinski definition) is 5. The van der Waals surface area contributed by atoms with Crippen LogP contribution in [0.2, 0.25) is 0 Å². The summed E-state index contributed by atoms with van der Waals surface area (Å²) in [5, 5.41) is 10.7. The molecule has 23 heavy (non-hydrogen) atoms. The van der Waals surface area contributed by atoms with Gasteiger partial charge in [-0.2, -0.15) is 0 Å². The van der Waals surface area contributed by atoms with Crippen LogP contribution in [-0.2, 0) is 11.2 Å². The number of aliphatic hydroxyl groups is 1. The van der Waals surface area contributed by atoms with Crippen LogP contribution in [0, 0.1) is 0 Å². The Bertz CT molecular complexity index is 828. The van der Waals surface area contributed by atoms with Crippen LogP contribution in [0.1, 0.15) is 25.7 Å². The van der Waals surface area contributed by atoms with E-state index in [4.69, 9.17) is 10.5 Å². The molecule has 1 atom stereocenters. The van der Waals surface area contributed by atoms with Crippen molar-refractivity contribution in [1.29, 1.82) is 0 Å². The molecule has 0 radical (unpaired) electrons. The Morgan fingerprint density at radius 2 is 2.09 bits per heavy atom. The molecule has 3 N–H and O–H groups in total. The maximum Gasteiger partial charge on any atom is 0.152 e. The molecule has 122 valence electrons. The van der Waals surface area contributed by atoms with E-state index in [1.54, 1.807) is 0 Å². The van der Waals surface area contributed by atoms with Gasteiger partial charge in [0.1, 0.15) is 11.3 Å². The summed E-state index contributed by atoms with van der Waals surface area (Å²) < 4.78 is 7.63. The van der Waals surface area contributed by atoms with Crippen LogP contribution in [0.3, 0.4) is 0 Å². The van der Waals surface area contributed by atoms with E-state index < -0.39 is 0 Å². The van der Waals surface area contributed by atoms with Gasteiger partial charge in [0, 0.05) is 11.8 Å². The molecular weight excluding hydrogens is 292 g/mol. The van der Waals surface area contributed by atoms with Gasteiger partial charge in [-0.15, -0.1) is 0 Å². The van der Waals surface area contributed by atoms with Crippen molar-refractivity contribution in [3.63, 3.8) is 0 Å². The summed E-state index contributed by atoms with van der Waals surface area (Å²) in [6.07, 6.45) is 0.707. The van der Waals surface area contributed by atoms with Crippen LogP contribution in [0.25, 0.3) is 21.9 Å². The zero-order valence-electron chi connectivity index (χ0n) is 13.5. The second kappa shape index (κ2) is 6.52. The SMILES string of the molecule is CC.Nc1nc2ccccc2c2c1nc1n2[C@@H](CO)COCC1. The third-order valence-corrected chi connectivity index (χ3v) is 3.98. The normalized spacial score (nSPS) is 17.4. The van der Waals surface area contributed by atoms with Gasteiger partial charge >= 0.3 is 0 Å². The number of anilines is 1. The molecule has 0 aliphatic carbocycles.